The van der Waals surface area contributed by atoms with Crippen molar-refractivity contribution in [1.29, 1.82) is 0 Å². The molecule has 0 atom stereocenters. The number of hydrogen-bond donors (Lipinski definition) is 0. The van der Waals surface area contributed by atoms with E-state index in [9.17, 15) is 4.79 Å². The molecule has 0 amide bonds. The van der Waals surface area contributed by atoms with E-state index in [2.05, 4.69) is 13.2 Å². The SMILES string of the molecule is C=C.O=C(Oc1ccccc1)Oc1ccccc1. The fraction of sp³-hybridized carbons (Fsp3) is 0. The Morgan fingerprint density at radius 2 is 1.06 bits per heavy atom. The van der Waals surface area contributed by atoms with E-state index in [1.165, 1.54) is 0 Å². The van der Waals surface area contributed by atoms with E-state index >= 15 is 0 Å². The van der Waals surface area contributed by atoms with Crippen LogP contribution in [-0.4, -0.2) is 6.16 Å². The number of para-hydroxylation sites is 2. The highest BCUT2D eigenvalue weighted by molar-refractivity contribution is 5.66. The van der Waals surface area contributed by atoms with Crippen LogP contribution in [0.15, 0.2) is 73.8 Å². The maximum absolute atomic E-state index is 11.3. The van der Waals surface area contributed by atoms with Crippen LogP contribution in [0.4, 0.5) is 4.79 Å². The molecule has 0 N–H and O–H groups in total. The number of benzene rings is 2. The van der Waals surface area contributed by atoms with Crippen molar-refractivity contribution in [2.75, 3.05) is 0 Å². The molecule has 0 aliphatic rings. The molecule has 0 unspecified atom stereocenters. The van der Waals surface area contributed by atoms with Crippen LogP contribution in [0.3, 0.4) is 0 Å². The number of hydrogen-bond acceptors (Lipinski definition) is 3. The van der Waals surface area contributed by atoms with E-state index in [-0.39, 0.29) is 0 Å². The van der Waals surface area contributed by atoms with Gasteiger partial charge in [-0.1, -0.05) is 36.4 Å². The molecule has 3 nitrogen and oxygen atoms in total. The van der Waals surface area contributed by atoms with Gasteiger partial charge in [-0.25, -0.2) is 4.79 Å². The molecule has 0 spiro atoms. The zero-order valence-electron chi connectivity index (χ0n) is 9.91. The maximum atomic E-state index is 11.3. The topological polar surface area (TPSA) is 35.5 Å². The van der Waals surface area contributed by atoms with Crippen molar-refractivity contribution in [3.8, 4) is 11.5 Å². The summed E-state index contributed by atoms with van der Waals surface area (Å²) in [5.41, 5.74) is 0. The first-order valence-electron chi connectivity index (χ1n) is 5.34. The van der Waals surface area contributed by atoms with Gasteiger partial charge in [-0.2, -0.15) is 0 Å². The van der Waals surface area contributed by atoms with E-state index in [1.807, 2.05) is 12.1 Å². The summed E-state index contributed by atoms with van der Waals surface area (Å²) < 4.78 is 9.91. The summed E-state index contributed by atoms with van der Waals surface area (Å²) >= 11 is 0. The van der Waals surface area contributed by atoms with Gasteiger partial charge in [0.15, 0.2) is 0 Å². The van der Waals surface area contributed by atoms with Crippen LogP contribution in [0.2, 0.25) is 0 Å². The van der Waals surface area contributed by atoms with Crippen LogP contribution >= 0.6 is 0 Å². The summed E-state index contributed by atoms with van der Waals surface area (Å²) in [7, 11) is 0. The Labute approximate surface area is 106 Å². The third kappa shape index (κ3) is 4.53. The van der Waals surface area contributed by atoms with Gasteiger partial charge < -0.3 is 9.47 Å². The van der Waals surface area contributed by atoms with Gasteiger partial charge in [0.05, 0.1) is 0 Å². The molecule has 0 aliphatic carbocycles. The molecule has 2 aromatic carbocycles. The summed E-state index contributed by atoms with van der Waals surface area (Å²) in [4.78, 5) is 11.3. The van der Waals surface area contributed by atoms with Crippen LogP contribution in [0.5, 0.6) is 11.5 Å². The molecule has 0 bridgehead atoms. The van der Waals surface area contributed by atoms with Crippen molar-refractivity contribution in [3.05, 3.63) is 73.8 Å². The van der Waals surface area contributed by atoms with Crippen LogP contribution < -0.4 is 9.47 Å². The average molecular weight is 242 g/mol. The number of rotatable bonds is 2. The van der Waals surface area contributed by atoms with Crippen LogP contribution in [0.25, 0.3) is 0 Å². The number of carbonyl (C=O) groups excluding carboxylic acids is 1. The molecule has 0 aliphatic heterocycles. The average Bonchev–Trinajstić information content (AvgIpc) is 2.43. The van der Waals surface area contributed by atoms with Gasteiger partial charge in [0.1, 0.15) is 11.5 Å². The minimum absolute atomic E-state index is 0.462. The smallest absolute Gasteiger partial charge is 0.395 e. The standard InChI is InChI=1S/C13H10O3.C2H4/c14-13(15-11-7-3-1-4-8-11)16-12-9-5-2-6-10-12;1-2/h1-10H;1-2H2. The first-order chi connectivity index (χ1) is 8.84. The first kappa shape index (κ1) is 13.5. The molecule has 0 saturated carbocycles. The van der Waals surface area contributed by atoms with Gasteiger partial charge in [0.25, 0.3) is 0 Å². The van der Waals surface area contributed by atoms with Gasteiger partial charge in [-0.3, -0.25) is 0 Å². The highest BCUT2D eigenvalue weighted by atomic mass is 16.7. The van der Waals surface area contributed by atoms with Gasteiger partial charge in [-0.05, 0) is 24.3 Å². The van der Waals surface area contributed by atoms with Crippen molar-refractivity contribution >= 4 is 6.16 Å². The van der Waals surface area contributed by atoms with Crippen LogP contribution in [0.1, 0.15) is 0 Å². The van der Waals surface area contributed by atoms with Crippen molar-refractivity contribution in [2.24, 2.45) is 0 Å². The van der Waals surface area contributed by atoms with Crippen molar-refractivity contribution in [3.63, 3.8) is 0 Å². The second kappa shape index (κ2) is 7.68. The third-order valence-corrected chi connectivity index (χ3v) is 1.89. The van der Waals surface area contributed by atoms with E-state index in [4.69, 9.17) is 9.47 Å². The second-order valence-electron chi connectivity index (χ2n) is 3.08. The Morgan fingerprint density at radius 3 is 1.39 bits per heavy atom. The molecule has 92 valence electrons. The van der Waals surface area contributed by atoms with E-state index < -0.39 is 6.16 Å². The fourth-order valence-electron chi connectivity index (χ4n) is 1.19. The highest BCUT2D eigenvalue weighted by Crippen LogP contribution is 2.12. The normalized spacial score (nSPS) is 8.67. The lowest BCUT2D eigenvalue weighted by molar-refractivity contribution is 0.152. The molecule has 0 aromatic heterocycles. The lowest BCUT2D eigenvalue weighted by atomic mass is 10.3. The minimum Gasteiger partial charge on any atom is -0.395 e. The Morgan fingerprint density at radius 1 is 0.722 bits per heavy atom. The predicted octanol–water partition coefficient (Wildman–Crippen LogP) is 4.07. The molecular formula is C15H14O3. The Bertz CT molecular complexity index is 422. The second-order valence-corrected chi connectivity index (χ2v) is 3.08. The zero-order chi connectivity index (χ0) is 13.2. The summed E-state index contributed by atoms with van der Waals surface area (Å²) in [6, 6.07) is 17.6. The molecule has 0 radical (unpaired) electrons. The molecule has 2 aromatic rings. The fourth-order valence-corrected chi connectivity index (χ4v) is 1.19. The highest BCUT2D eigenvalue weighted by Gasteiger charge is 2.06. The monoisotopic (exact) mass is 242 g/mol. The van der Waals surface area contributed by atoms with Crippen molar-refractivity contribution in [2.45, 2.75) is 0 Å². The van der Waals surface area contributed by atoms with E-state index in [1.54, 1.807) is 48.5 Å². The minimum atomic E-state index is -0.739. The maximum Gasteiger partial charge on any atom is 0.519 e. The Balaban J connectivity index is 0.000000771. The third-order valence-electron chi connectivity index (χ3n) is 1.89. The van der Waals surface area contributed by atoms with Crippen molar-refractivity contribution in [1.82, 2.24) is 0 Å². The van der Waals surface area contributed by atoms with Crippen LogP contribution in [0, 0.1) is 0 Å². The molecule has 18 heavy (non-hydrogen) atoms. The summed E-state index contributed by atoms with van der Waals surface area (Å²) in [5.74, 6) is 0.923. The quantitative estimate of drug-likeness (QED) is 0.452. The lowest BCUT2D eigenvalue weighted by Crippen LogP contribution is -2.13. The summed E-state index contributed by atoms with van der Waals surface area (Å²) in [6.45, 7) is 6.00. The number of carbonyl (C=O) groups is 1. The van der Waals surface area contributed by atoms with Gasteiger partial charge in [0.2, 0.25) is 0 Å². The zero-order valence-corrected chi connectivity index (χ0v) is 9.91. The van der Waals surface area contributed by atoms with Gasteiger partial charge in [-0.15, -0.1) is 13.2 Å². The Hall–Kier alpha value is -2.55. The van der Waals surface area contributed by atoms with Gasteiger partial charge >= 0.3 is 6.16 Å². The van der Waals surface area contributed by atoms with Crippen molar-refractivity contribution < 1.29 is 14.3 Å². The summed E-state index contributed by atoms with van der Waals surface area (Å²) in [6.07, 6.45) is -0.739. The van der Waals surface area contributed by atoms with E-state index in [0.717, 1.165) is 0 Å². The van der Waals surface area contributed by atoms with Gasteiger partial charge in [0, 0.05) is 0 Å². The molecule has 0 heterocycles. The molecule has 0 fully saturated rings. The lowest BCUT2D eigenvalue weighted by Gasteiger charge is -2.04. The first-order valence-corrected chi connectivity index (χ1v) is 5.34. The van der Waals surface area contributed by atoms with E-state index in [0.29, 0.717) is 11.5 Å². The van der Waals surface area contributed by atoms with Crippen LogP contribution in [-0.2, 0) is 0 Å². The molecular weight excluding hydrogens is 228 g/mol. The number of ether oxygens (including phenoxy) is 2. The molecule has 3 heteroatoms. The molecule has 0 saturated heterocycles. The largest absolute Gasteiger partial charge is 0.519 e. The Kier molecular flexibility index (Phi) is 5.77. The summed E-state index contributed by atoms with van der Waals surface area (Å²) in [5, 5.41) is 0. The molecule has 2 rings (SSSR count). The predicted molar refractivity (Wildman–Crippen MR) is 70.8 cm³/mol.